The van der Waals surface area contributed by atoms with Gasteiger partial charge in [0.05, 0.1) is 6.54 Å². The number of likely N-dealkylation sites (N-methyl/N-ethyl adjacent to an activating group) is 1. The standard InChI is InChI=1S/C17H17N5O4/c1-10-8-14(21-25-10)19-15(23)9-22(3)17(24)13-6-4-12(5-7-13)16-18-11(2)20-26-16/h4-8H,9H2,1-3H3,(H,19,21,23). The topological polar surface area (TPSA) is 114 Å². The minimum Gasteiger partial charge on any atom is -0.360 e. The van der Waals surface area contributed by atoms with E-state index in [4.69, 9.17) is 9.05 Å². The molecule has 3 aromatic rings. The fourth-order valence-corrected chi connectivity index (χ4v) is 2.28. The summed E-state index contributed by atoms with van der Waals surface area (Å²) in [7, 11) is 1.55. The summed E-state index contributed by atoms with van der Waals surface area (Å²) in [5.74, 6) is 1.16. The van der Waals surface area contributed by atoms with Gasteiger partial charge in [-0.3, -0.25) is 9.59 Å². The van der Waals surface area contributed by atoms with Crippen LogP contribution in [0, 0.1) is 13.8 Å². The van der Waals surface area contributed by atoms with Crippen molar-refractivity contribution in [2.45, 2.75) is 13.8 Å². The van der Waals surface area contributed by atoms with Crippen LogP contribution < -0.4 is 5.32 Å². The summed E-state index contributed by atoms with van der Waals surface area (Å²) in [6.07, 6.45) is 0. The number of nitrogens with one attached hydrogen (secondary N) is 1. The summed E-state index contributed by atoms with van der Waals surface area (Å²) in [4.78, 5) is 29.9. The predicted molar refractivity (Wildman–Crippen MR) is 91.3 cm³/mol. The van der Waals surface area contributed by atoms with Crippen molar-refractivity contribution in [3.63, 3.8) is 0 Å². The summed E-state index contributed by atoms with van der Waals surface area (Å²) in [5, 5.41) is 9.97. The smallest absolute Gasteiger partial charge is 0.257 e. The molecular weight excluding hydrogens is 338 g/mol. The van der Waals surface area contributed by atoms with Gasteiger partial charge in [0.25, 0.3) is 11.8 Å². The van der Waals surface area contributed by atoms with Gasteiger partial charge in [-0.25, -0.2) is 0 Å². The Morgan fingerprint density at radius 1 is 1.12 bits per heavy atom. The molecule has 0 aliphatic heterocycles. The Bertz CT molecular complexity index is 929. The highest BCUT2D eigenvalue weighted by molar-refractivity contribution is 5.99. The monoisotopic (exact) mass is 355 g/mol. The Kier molecular flexibility index (Phi) is 4.78. The average molecular weight is 355 g/mol. The number of rotatable bonds is 5. The number of hydrogen-bond acceptors (Lipinski definition) is 7. The first kappa shape index (κ1) is 17.3. The van der Waals surface area contributed by atoms with E-state index in [0.717, 1.165) is 0 Å². The van der Waals surface area contributed by atoms with Crippen molar-refractivity contribution in [2.24, 2.45) is 0 Å². The third kappa shape index (κ3) is 3.94. The second-order valence-electron chi connectivity index (χ2n) is 5.76. The van der Waals surface area contributed by atoms with Crippen LogP contribution in [-0.4, -0.2) is 45.6 Å². The molecule has 0 spiro atoms. The van der Waals surface area contributed by atoms with Crippen molar-refractivity contribution in [2.75, 3.05) is 18.9 Å². The summed E-state index contributed by atoms with van der Waals surface area (Å²) in [6.45, 7) is 3.33. The molecule has 0 unspecified atom stereocenters. The number of anilines is 1. The molecule has 0 aliphatic rings. The van der Waals surface area contributed by atoms with Crippen LogP contribution in [0.4, 0.5) is 5.82 Å². The maximum absolute atomic E-state index is 12.4. The van der Waals surface area contributed by atoms with Gasteiger partial charge in [-0.2, -0.15) is 4.98 Å². The molecule has 0 bridgehead atoms. The zero-order valence-corrected chi connectivity index (χ0v) is 14.5. The van der Waals surface area contributed by atoms with E-state index in [1.807, 2.05) is 0 Å². The van der Waals surface area contributed by atoms with E-state index in [2.05, 4.69) is 20.6 Å². The molecule has 134 valence electrons. The second kappa shape index (κ2) is 7.18. The lowest BCUT2D eigenvalue weighted by atomic mass is 10.1. The van der Waals surface area contributed by atoms with Crippen molar-refractivity contribution in [3.05, 3.63) is 47.5 Å². The van der Waals surface area contributed by atoms with Gasteiger partial charge >= 0.3 is 0 Å². The van der Waals surface area contributed by atoms with Crippen LogP contribution in [0.15, 0.2) is 39.4 Å². The summed E-state index contributed by atoms with van der Waals surface area (Å²) >= 11 is 0. The highest BCUT2D eigenvalue weighted by Gasteiger charge is 2.16. The maximum Gasteiger partial charge on any atom is 0.257 e. The lowest BCUT2D eigenvalue weighted by Crippen LogP contribution is -2.34. The van der Waals surface area contributed by atoms with E-state index < -0.39 is 0 Å². The molecule has 0 atom stereocenters. The van der Waals surface area contributed by atoms with Crippen LogP contribution in [0.1, 0.15) is 21.9 Å². The van der Waals surface area contributed by atoms with E-state index in [1.54, 1.807) is 51.2 Å². The highest BCUT2D eigenvalue weighted by atomic mass is 16.5. The second-order valence-corrected chi connectivity index (χ2v) is 5.76. The van der Waals surface area contributed by atoms with Crippen LogP contribution in [0.3, 0.4) is 0 Å². The lowest BCUT2D eigenvalue weighted by Gasteiger charge is -2.16. The van der Waals surface area contributed by atoms with Crippen LogP contribution in [0.5, 0.6) is 0 Å². The predicted octanol–water partition coefficient (Wildman–Crippen LogP) is 2.05. The number of benzene rings is 1. The van der Waals surface area contributed by atoms with E-state index in [9.17, 15) is 9.59 Å². The van der Waals surface area contributed by atoms with Crippen LogP contribution in [0.25, 0.3) is 11.5 Å². The molecule has 2 aromatic heterocycles. The summed E-state index contributed by atoms with van der Waals surface area (Å²) < 4.78 is 9.96. The average Bonchev–Trinajstić information content (AvgIpc) is 3.22. The first-order chi connectivity index (χ1) is 12.4. The molecule has 0 aliphatic carbocycles. The molecule has 9 nitrogen and oxygen atoms in total. The molecule has 1 aromatic carbocycles. The normalized spacial score (nSPS) is 10.6. The van der Waals surface area contributed by atoms with Crippen molar-refractivity contribution in [3.8, 4) is 11.5 Å². The molecule has 2 heterocycles. The summed E-state index contributed by atoms with van der Waals surface area (Å²) in [5.41, 5.74) is 1.15. The Hall–Kier alpha value is -3.49. The maximum atomic E-state index is 12.4. The number of hydrogen-bond donors (Lipinski definition) is 1. The van der Waals surface area contributed by atoms with Gasteiger partial charge in [0.1, 0.15) is 5.76 Å². The zero-order valence-electron chi connectivity index (χ0n) is 14.5. The van der Waals surface area contributed by atoms with Gasteiger partial charge in [0, 0.05) is 24.2 Å². The van der Waals surface area contributed by atoms with Crippen LogP contribution in [0.2, 0.25) is 0 Å². The quantitative estimate of drug-likeness (QED) is 0.745. The Morgan fingerprint density at radius 2 is 1.85 bits per heavy atom. The van der Waals surface area contributed by atoms with E-state index in [1.165, 1.54) is 4.90 Å². The van der Waals surface area contributed by atoms with Crippen molar-refractivity contribution in [1.29, 1.82) is 0 Å². The van der Waals surface area contributed by atoms with Crippen molar-refractivity contribution < 1.29 is 18.6 Å². The van der Waals surface area contributed by atoms with Crippen LogP contribution in [-0.2, 0) is 4.79 Å². The summed E-state index contributed by atoms with van der Waals surface area (Å²) in [6, 6.07) is 8.31. The Balaban J connectivity index is 1.61. The fourth-order valence-electron chi connectivity index (χ4n) is 2.28. The third-order valence-electron chi connectivity index (χ3n) is 3.53. The van der Waals surface area contributed by atoms with E-state index in [0.29, 0.717) is 34.4 Å². The van der Waals surface area contributed by atoms with Crippen molar-refractivity contribution >= 4 is 17.6 Å². The molecule has 1 N–H and O–H groups in total. The van der Waals surface area contributed by atoms with E-state index >= 15 is 0 Å². The minimum absolute atomic E-state index is 0.116. The Morgan fingerprint density at radius 3 is 2.42 bits per heavy atom. The lowest BCUT2D eigenvalue weighted by molar-refractivity contribution is -0.116. The number of nitrogens with zero attached hydrogens (tertiary/aromatic N) is 4. The first-order valence-electron chi connectivity index (χ1n) is 7.82. The highest BCUT2D eigenvalue weighted by Crippen LogP contribution is 2.18. The molecular formula is C17H17N5O4. The largest absolute Gasteiger partial charge is 0.360 e. The van der Waals surface area contributed by atoms with Gasteiger partial charge in [-0.1, -0.05) is 10.3 Å². The number of carbonyl (C=O) groups is 2. The van der Waals surface area contributed by atoms with Gasteiger partial charge in [0.2, 0.25) is 5.91 Å². The van der Waals surface area contributed by atoms with Crippen LogP contribution >= 0.6 is 0 Å². The van der Waals surface area contributed by atoms with Gasteiger partial charge in [-0.05, 0) is 38.1 Å². The molecule has 26 heavy (non-hydrogen) atoms. The van der Waals surface area contributed by atoms with Gasteiger partial charge < -0.3 is 19.3 Å². The first-order valence-corrected chi connectivity index (χ1v) is 7.82. The number of carbonyl (C=O) groups excluding carboxylic acids is 2. The van der Waals surface area contributed by atoms with Gasteiger partial charge in [0.15, 0.2) is 11.6 Å². The fraction of sp³-hybridized carbons (Fsp3) is 0.235. The number of amides is 2. The minimum atomic E-state index is -0.368. The number of aromatic nitrogens is 3. The molecule has 3 rings (SSSR count). The molecule has 2 amide bonds. The molecule has 0 radical (unpaired) electrons. The molecule has 9 heteroatoms. The molecule has 0 fully saturated rings. The SMILES string of the molecule is Cc1noc(-c2ccc(C(=O)N(C)CC(=O)Nc3cc(C)on3)cc2)n1. The molecule has 0 saturated carbocycles. The van der Waals surface area contributed by atoms with Gasteiger partial charge in [-0.15, -0.1) is 0 Å². The van der Waals surface area contributed by atoms with E-state index in [-0.39, 0.29) is 18.4 Å². The Labute approximate surface area is 149 Å². The number of aryl methyl sites for hydroxylation is 2. The zero-order chi connectivity index (χ0) is 18.7. The third-order valence-corrected chi connectivity index (χ3v) is 3.53. The van der Waals surface area contributed by atoms with Crippen molar-refractivity contribution in [1.82, 2.24) is 20.2 Å². The molecule has 0 saturated heterocycles.